The van der Waals surface area contributed by atoms with Crippen molar-refractivity contribution in [2.24, 2.45) is 0 Å². The molecule has 0 fully saturated rings. The first kappa shape index (κ1) is 12.7. The Bertz CT molecular complexity index is 413. The topological polar surface area (TPSA) is 69.9 Å². The molecule has 0 bridgehead atoms. The molecule has 0 radical (unpaired) electrons. The zero-order valence-electron chi connectivity index (χ0n) is 9.37. The van der Waals surface area contributed by atoms with E-state index in [4.69, 9.17) is 20.1 Å². The quantitative estimate of drug-likeness (QED) is 0.663. The van der Waals surface area contributed by atoms with E-state index >= 15 is 0 Å². The molecular formula is C13H14O4. The van der Waals surface area contributed by atoms with E-state index in [1.807, 2.05) is 0 Å². The van der Waals surface area contributed by atoms with Gasteiger partial charge in [0.05, 0.1) is 7.11 Å². The predicted molar refractivity (Wildman–Crippen MR) is 64.4 cm³/mol. The smallest absolute Gasteiger partial charge is 0.119 e. The SMILES string of the molecule is COc1ccc(O)cc1.Oc1ccc(O)cc1. The molecule has 4 heteroatoms. The van der Waals surface area contributed by atoms with Crippen LogP contribution in [0.5, 0.6) is 23.0 Å². The molecule has 0 atom stereocenters. The van der Waals surface area contributed by atoms with Gasteiger partial charge in [0, 0.05) is 0 Å². The summed E-state index contributed by atoms with van der Waals surface area (Å²) in [4.78, 5) is 0. The van der Waals surface area contributed by atoms with Crippen molar-refractivity contribution < 1.29 is 20.1 Å². The Morgan fingerprint density at radius 1 is 0.647 bits per heavy atom. The average Bonchev–Trinajstić information content (AvgIpc) is 2.35. The molecule has 0 aliphatic heterocycles. The largest absolute Gasteiger partial charge is 0.508 e. The van der Waals surface area contributed by atoms with E-state index in [9.17, 15) is 0 Å². The molecule has 0 saturated carbocycles. The average molecular weight is 234 g/mol. The van der Waals surface area contributed by atoms with Crippen LogP contribution in [-0.2, 0) is 0 Å². The zero-order valence-corrected chi connectivity index (χ0v) is 9.37. The molecule has 0 heterocycles. The minimum absolute atomic E-state index is 0.169. The number of hydrogen-bond acceptors (Lipinski definition) is 4. The Hall–Kier alpha value is -2.36. The van der Waals surface area contributed by atoms with Gasteiger partial charge >= 0.3 is 0 Å². The number of hydrogen-bond donors (Lipinski definition) is 3. The molecule has 0 aliphatic rings. The van der Waals surface area contributed by atoms with Crippen LogP contribution in [-0.4, -0.2) is 22.4 Å². The highest BCUT2D eigenvalue weighted by Crippen LogP contribution is 2.14. The number of ether oxygens (including phenoxy) is 1. The van der Waals surface area contributed by atoms with Crippen LogP contribution in [0, 0.1) is 0 Å². The summed E-state index contributed by atoms with van der Waals surface area (Å²) in [6.45, 7) is 0. The normalized spacial score (nSPS) is 9.00. The monoisotopic (exact) mass is 234 g/mol. The number of rotatable bonds is 1. The van der Waals surface area contributed by atoms with E-state index in [0.29, 0.717) is 0 Å². The van der Waals surface area contributed by atoms with Crippen LogP contribution in [0.3, 0.4) is 0 Å². The Morgan fingerprint density at radius 3 is 1.24 bits per heavy atom. The van der Waals surface area contributed by atoms with Crippen LogP contribution < -0.4 is 4.74 Å². The molecule has 3 N–H and O–H groups in total. The fraction of sp³-hybridized carbons (Fsp3) is 0.0769. The summed E-state index contributed by atoms with van der Waals surface area (Å²) in [5, 5.41) is 26.1. The van der Waals surface area contributed by atoms with Gasteiger partial charge in [-0.15, -0.1) is 0 Å². The Balaban J connectivity index is 0.000000171. The first-order valence-electron chi connectivity index (χ1n) is 4.93. The second-order valence-corrected chi connectivity index (χ2v) is 3.21. The number of aromatic hydroxyl groups is 3. The third-order valence-corrected chi connectivity index (χ3v) is 1.92. The lowest BCUT2D eigenvalue weighted by Crippen LogP contribution is -1.79. The number of benzene rings is 2. The second-order valence-electron chi connectivity index (χ2n) is 3.21. The van der Waals surface area contributed by atoms with E-state index in [1.54, 1.807) is 31.4 Å². The molecule has 2 aromatic rings. The minimum atomic E-state index is 0.169. The molecule has 17 heavy (non-hydrogen) atoms. The lowest BCUT2D eigenvalue weighted by Gasteiger charge is -1.96. The van der Waals surface area contributed by atoms with Crippen LogP contribution >= 0.6 is 0 Å². The van der Waals surface area contributed by atoms with Gasteiger partial charge in [0.1, 0.15) is 23.0 Å². The molecule has 0 spiro atoms. The van der Waals surface area contributed by atoms with Gasteiger partial charge in [-0.05, 0) is 48.5 Å². The summed E-state index contributed by atoms with van der Waals surface area (Å²) < 4.78 is 4.86. The van der Waals surface area contributed by atoms with Crippen molar-refractivity contribution in [3.63, 3.8) is 0 Å². The standard InChI is InChI=1S/C7H8O2.C6H6O2/c1-9-7-4-2-6(8)3-5-7;7-5-1-2-6(8)4-3-5/h2-5,8H,1H3;1-4,7-8H. The van der Waals surface area contributed by atoms with Crippen LogP contribution in [0.1, 0.15) is 0 Å². The lowest BCUT2D eigenvalue weighted by molar-refractivity contribution is 0.412. The van der Waals surface area contributed by atoms with Crippen molar-refractivity contribution in [3.05, 3.63) is 48.5 Å². The molecule has 0 aromatic heterocycles. The van der Waals surface area contributed by atoms with Crippen molar-refractivity contribution in [2.75, 3.05) is 7.11 Å². The van der Waals surface area contributed by atoms with Crippen LogP contribution in [0.4, 0.5) is 0 Å². The van der Waals surface area contributed by atoms with E-state index < -0.39 is 0 Å². The van der Waals surface area contributed by atoms with Crippen LogP contribution in [0.2, 0.25) is 0 Å². The van der Waals surface area contributed by atoms with Gasteiger partial charge in [-0.1, -0.05) is 0 Å². The molecule has 0 amide bonds. The van der Waals surface area contributed by atoms with Gasteiger partial charge in [-0.2, -0.15) is 0 Å². The third-order valence-electron chi connectivity index (χ3n) is 1.92. The summed E-state index contributed by atoms with van der Waals surface area (Å²) in [5.74, 6) is 1.36. The fourth-order valence-electron chi connectivity index (χ4n) is 1.03. The van der Waals surface area contributed by atoms with Crippen molar-refractivity contribution >= 4 is 0 Å². The minimum Gasteiger partial charge on any atom is -0.508 e. The fourth-order valence-corrected chi connectivity index (χ4v) is 1.03. The highest BCUT2D eigenvalue weighted by molar-refractivity contribution is 5.30. The van der Waals surface area contributed by atoms with Gasteiger partial charge in [-0.25, -0.2) is 0 Å². The molecule has 0 saturated heterocycles. The zero-order chi connectivity index (χ0) is 12.7. The van der Waals surface area contributed by atoms with Gasteiger partial charge in [0.25, 0.3) is 0 Å². The molecule has 2 rings (SSSR count). The Morgan fingerprint density at radius 2 is 0.941 bits per heavy atom. The van der Waals surface area contributed by atoms with E-state index in [1.165, 1.54) is 24.3 Å². The van der Waals surface area contributed by atoms with E-state index in [-0.39, 0.29) is 17.2 Å². The maximum Gasteiger partial charge on any atom is 0.119 e. The molecular weight excluding hydrogens is 220 g/mol. The van der Waals surface area contributed by atoms with Crippen molar-refractivity contribution in [2.45, 2.75) is 0 Å². The first-order chi connectivity index (χ1) is 8.11. The maximum absolute atomic E-state index is 8.80. The Kier molecular flexibility index (Phi) is 4.69. The van der Waals surface area contributed by atoms with Gasteiger partial charge in [0.2, 0.25) is 0 Å². The van der Waals surface area contributed by atoms with Gasteiger partial charge in [0.15, 0.2) is 0 Å². The predicted octanol–water partition coefficient (Wildman–Crippen LogP) is 2.50. The molecule has 90 valence electrons. The van der Waals surface area contributed by atoms with E-state index in [2.05, 4.69) is 0 Å². The summed E-state index contributed by atoms with van der Waals surface area (Å²) >= 11 is 0. The molecule has 2 aromatic carbocycles. The van der Waals surface area contributed by atoms with Crippen molar-refractivity contribution in [1.82, 2.24) is 0 Å². The second kappa shape index (κ2) is 6.27. The summed E-state index contributed by atoms with van der Waals surface area (Å²) in [6, 6.07) is 12.3. The summed E-state index contributed by atoms with van der Waals surface area (Å²) in [7, 11) is 1.59. The van der Waals surface area contributed by atoms with Crippen LogP contribution in [0.25, 0.3) is 0 Å². The summed E-state index contributed by atoms with van der Waals surface area (Å²) in [5.41, 5.74) is 0. The first-order valence-corrected chi connectivity index (χ1v) is 4.93. The Labute approximate surface area is 99.4 Å². The summed E-state index contributed by atoms with van der Waals surface area (Å²) in [6.07, 6.45) is 0. The molecule has 0 unspecified atom stereocenters. The van der Waals surface area contributed by atoms with E-state index in [0.717, 1.165) is 5.75 Å². The van der Waals surface area contributed by atoms with Gasteiger partial charge in [-0.3, -0.25) is 0 Å². The van der Waals surface area contributed by atoms with Crippen LogP contribution in [0.15, 0.2) is 48.5 Å². The highest BCUT2D eigenvalue weighted by atomic mass is 16.5. The van der Waals surface area contributed by atoms with Crippen molar-refractivity contribution in [1.29, 1.82) is 0 Å². The number of phenolic OH excluding ortho intramolecular Hbond substituents is 3. The maximum atomic E-state index is 8.80. The number of phenols is 3. The lowest BCUT2D eigenvalue weighted by atomic mass is 10.3. The third kappa shape index (κ3) is 4.79. The van der Waals surface area contributed by atoms with Crippen molar-refractivity contribution in [3.8, 4) is 23.0 Å². The number of methoxy groups -OCH3 is 1. The molecule has 4 nitrogen and oxygen atoms in total. The highest BCUT2D eigenvalue weighted by Gasteiger charge is 1.87. The molecule has 0 aliphatic carbocycles. The van der Waals surface area contributed by atoms with Gasteiger partial charge < -0.3 is 20.1 Å².